The molecule has 39 heavy (non-hydrogen) atoms. The number of benzene rings is 2. The fourth-order valence-electron chi connectivity index (χ4n) is 3.22. The summed E-state index contributed by atoms with van der Waals surface area (Å²) in [6, 6.07) is 18.5. The molecule has 0 spiro atoms. The van der Waals surface area contributed by atoms with E-state index in [0.717, 1.165) is 22.5 Å². The minimum absolute atomic E-state index is 0.187. The van der Waals surface area contributed by atoms with Gasteiger partial charge in [-0.05, 0) is 70.7 Å². The molecule has 0 radical (unpaired) electrons. The van der Waals surface area contributed by atoms with Gasteiger partial charge in [-0.3, -0.25) is 9.59 Å². The van der Waals surface area contributed by atoms with Crippen molar-refractivity contribution in [2.24, 2.45) is 0 Å². The molecule has 4 rings (SSSR count). The molecule has 0 saturated carbocycles. The lowest BCUT2D eigenvalue weighted by Gasteiger charge is -2.18. The normalized spacial score (nSPS) is 10.1. The Morgan fingerprint density at radius 1 is 0.769 bits per heavy atom. The number of carbonyl (C=O) groups is 2. The molecule has 0 aliphatic heterocycles. The molecule has 2 aromatic heterocycles. The number of esters is 2. The molecule has 1 N–H and O–H groups in total. The summed E-state index contributed by atoms with van der Waals surface area (Å²) in [4.78, 5) is 40.0. The van der Waals surface area contributed by atoms with Crippen molar-refractivity contribution in [1.29, 1.82) is 0 Å². The van der Waals surface area contributed by atoms with Crippen LogP contribution in [-0.2, 0) is 31.9 Å². The largest absolute Gasteiger partial charge is 0.469 e. The molecule has 0 unspecified atom stereocenters. The van der Waals surface area contributed by atoms with Gasteiger partial charge in [0.2, 0.25) is 10.6 Å². The molecule has 10 nitrogen and oxygen atoms in total. The predicted molar refractivity (Wildman–Crippen MR) is 150 cm³/mol. The zero-order valence-electron chi connectivity index (χ0n) is 21.5. The third-order valence-electron chi connectivity index (χ3n) is 5.28. The van der Waals surface area contributed by atoms with Gasteiger partial charge in [-0.1, -0.05) is 24.3 Å². The average molecular weight is 569 g/mol. The highest BCUT2D eigenvalue weighted by Crippen LogP contribution is 2.22. The first kappa shape index (κ1) is 29.3. The Morgan fingerprint density at radius 2 is 1.28 bits per heavy atom. The van der Waals surface area contributed by atoms with Gasteiger partial charge in [-0.2, -0.15) is 0 Å². The zero-order valence-corrected chi connectivity index (χ0v) is 23.0. The van der Waals surface area contributed by atoms with Gasteiger partial charge in [0.1, 0.15) is 11.6 Å². The maximum Gasteiger partial charge on any atom is 0.309 e. The van der Waals surface area contributed by atoms with Crippen molar-refractivity contribution in [3.05, 3.63) is 94.8 Å². The van der Waals surface area contributed by atoms with Crippen molar-refractivity contribution >= 4 is 58.2 Å². The fraction of sp³-hybridized carbons (Fsp3) is 0.185. The second-order valence-corrected chi connectivity index (χ2v) is 8.62. The molecular weight excluding hydrogens is 543 g/mol. The van der Waals surface area contributed by atoms with Crippen LogP contribution in [0.5, 0.6) is 0 Å². The van der Waals surface area contributed by atoms with Gasteiger partial charge in [-0.15, -0.1) is 0 Å². The van der Waals surface area contributed by atoms with E-state index in [9.17, 15) is 9.59 Å². The van der Waals surface area contributed by atoms with E-state index in [1.165, 1.54) is 14.2 Å². The van der Waals surface area contributed by atoms with Gasteiger partial charge in [0, 0.05) is 30.8 Å². The van der Waals surface area contributed by atoms with Gasteiger partial charge in [0.25, 0.3) is 0 Å². The van der Waals surface area contributed by atoms with Crippen LogP contribution in [0.2, 0.25) is 10.6 Å². The molecule has 2 heterocycles. The second-order valence-electron chi connectivity index (χ2n) is 7.95. The number of nitrogens with zero attached hydrogens (tertiary/aromatic N) is 5. The van der Waals surface area contributed by atoms with E-state index in [4.69, 9.17) is 23.2 Å². The summed E-state index contributed by atoms with van der Waals surface area (Å²) in [5.74, 6) is 0.795. The third kappa shape index (κ3) is 9.51. The Morgan fingerprint density at radius 3 is 1.79 bits per heavy atom. The highest BCUT2D eigenvalue weighted by atomic mass is 35.5. The lowest BCUT2D eigenvalue weighted by Crippen LogP contribution is -2.11. The van der Waals surface area contributed by atoms with Gasteiger partial charge in [0.15, 0.2) is 0 Å². The molecule has 0 aliphatic carbocycles. The molecule has 0 atom stereocenters. The summed E-state index contributed by atoms with van der Waals surface area (Å²) in [7, 11) is 4.63. The molecule has 2 aromatic carbocycles. The molecule has 0 aliphatic rings. The Labute approximate surface area is 236 Å². The number of hydrogen-bond donors (Lipinski definition) is 1. The monoisotopic (exact) mass is 568 g/mol. The molecule has 0 saturated heterocycles. The lowest BCUT2D eigenvalue weighted by atomic mass is 10.1. The van der Waals surface area contributed by atoms with Crippen LogP contribution in [0, 0.1) is 0 Å². The number of nitrogens with one attached hydrogen (secondary N) is 1. The quantitative estimate of drug-likeness (QED) is 0.224. The van der Waals surface area contributed by atoms with E-state index >= 15 is 0 Å². The van der Waals surface area contributed by atoms with Crippen molar-refractivity contribution in [2.75, 3.05) is 31.5 Å². The van der Waals surface area contributed by atoms with Crippen LogP contribution in [0.25, 0.3) is 0 Å². The second kappa shape index (κ2) is 14.6. The summed E-state index contributed by atoms with van der Waals surface area (Å²) >= 11 is 11.5. The maximum absolute atomic E-state index is 11.2. The number of anilines is 4. The Balaban J connectivity index is 0.000000216. The number of halogens is 2. The molecule has 0 fully saturated rings. The molecule has 12 heteroatoms. The lowest BCUT2D eigenvalue weighted by molar-refractivity contribution is -0.140. The molecule has 4 aromatic rings. The Kier molecular flexibility index (Phi) is 11.0. The molecular formula is C27H26Cl2N6O4. The number of rotatable bonds is 8. The number of aromatic nitrogens is 4. The van der Waals surface area contributed by atoms with E-state index in [1.54, 1.807) is 24.5 Å². The number of hydrogen-bond acceptors (Lipinski definition) is 10. The van der Waals surface area contributed by atoms with Crippen molar-refractivity contribution in [3.8, 4) is 0 Å². The summed E-state index contributed by atoms with van der Waals surface area (Å²) in [5.41, 5.74) is 3.57. The van der Waals surface area contributed by atoms with Crippen LogP contribution >= 0.6 is 23.2 Å². The first-order valence-corrected chi connectivity index (χ1v) is 12.3. The third-order valence-corrected chi connectivity index (χ3v) is 5.65. The fourth-order valence-corrected chi connectivity index (χ4v) is 3.51. The van der Waals surface area contributed by atoms with Gasteiger partial charge >= 0.3 is 11.9 Å². The van der Waals surface area contributed by atoms with Crippen LogP contribution in [0.1, 0.15) is 11.1 Å². The van der Waals surface area contributed by atoms with Gasteiger partial charge in [0.05, 0.1) is 27.1 Å². The Hall–Kier alpha value is -4.28. The van der Waals surface area contributed by atoms with Crippen LogP contribution in [0.4, 0.5) is 23.0 Å². The summed E-state index contributed by atoms with van der Waals surface area (Å²) in [5, 5.41) is 3.48. The standard InChI is InChI=1S/C14H14ClN3O2.C13H12ClN3O2/c1-18(12-7-8-16-14(15)17-12)11-5-3-10(4-6-11)9-13(19)20-2;1-19-12(18)8-9-2-4-10(5-3-9)16-11-6-7-15-13(14)17-11/h3-8H,9H2,1-2H3;2-7H,8H2,1H3,(H,15,16,17). The number of methoxy groups -OCH3 is 2. The summed E-state index contributed by atoms with van der Waals surface area (Å²) in [6.45, 7) is 0. The highest BCUT2D eigenvalue weighted by Gasteiger charge is 2.08. The van der Waals surface area contributed by atoms with E-state index < -0.39 is 0 Å². The Bertz CT molecular complexity index is 1390. The van der Waals surface area contributed by atoms with Crippen molar-refractivity contribution in [2.45, 2.75) is 12.8 Å². The van der Waals surface area contributed by atoms with Crippen LogP contribution in [0.3, 0.4) is 0 Å². The molecule has 0 amide bonds. The first-order valence-electron chi connectivity index (χ1n) is 11.6. The smallest absolute Gasteiger partial charge is 0.309 e. The van der Waals surface area contributed by atoms with E-state index in [-0.39, 0.29) is 35.3 Å². The van der Waals surface area contributed by atoms with Gasteiger partial charge < -0.3 is 19.7 Å². The SMILES string of the molecule is COC(=O)Cc1ccc(N(C)c2ccnc(Cl)n2)cc1.COC(=O)Cc1ccc(Nc2ccnc(Cl)n2)cc1. The van der Waals surface area contributed by atoms with E-state index in [1.807, 2.05) is 60.5 Å². The van der Waals surface area contributed by atoms with Crippen LogP contribution < -0.4 is 10.2 Å². The summed E-state index contributed by atoms with van der Waals surface area (Å²) in [6.07, 6.45) is 3.70. The predicted octanol–water partition coefficient (Wildman–Crippen LogP) is 5.20. The van der Waals surface area contributed by atoms with E-state index in [0.29, 0.717) is 11.6 Å². The van der Waals surface area contributed by atoms with Crippen LogP contribution in [0.15, 0.2) is 73.1 Å². The molecule has 0 bridgehead atoms. The van der Waals surface area contributed by atoms with Gasteiger partial charge in [-0.25, -0.2) is 19.9 Å². The topological polar surface area (TPSA) is 119 Å². The first-order chi connectivity index (χ1) is 18.8. The zero-order chi connectivity index (χ0) is 28.2. The van der Waals surface area contributed by atoms with Crippen molar-refractivity contribution < 1.29 is 19.1 Å². The molecule has 202 valence electrons. The number of carbonyl (C=O) groups excluding carboxylic acids is 2. The maximum atomic E-state index is 11.2. The minimum atomic E-state index is -0.261. The highest BCUT2D eigenvalue weighted by molar-refractivity contribution is 6.28. The van der Waals surface area contributed by atoms with Crippen molar-refractivity contribution in [1.82, 2.24) is 19.9 Å². The van der Waals surface area contributed by atoms with E-state index in [2.05, 4.69) is 34.7 Å². The van der Waals surface area contributed by atoms with Crippen LogP contribution in [-0.4, -0.2) is 53.1 Å². The average Bonchev–Trinajstić information content (AvgIpc) is 2.94. The summed E-state index contributed by atoms with van der Waals surface area (Å²) < 4.78 is 9.24. The minimum Gasteiger partial charge on any atom is -0.469 e. The van der Waals surface area contributed by atoms with Crippen molar-refractivity contribution in [3.63, 3.8) is 0 Å². The number of ether oxygens (including phenoxy) is 2.